The number of aryl methyl sites for hydroxylation is 1. The summed E-state index contributed by atoms with van der Waals surface area (Å²) in [7, 11) is 0. The summed E-state index contributed by atoms with van der Waals surface area (Å²) in [5, 5.41) is 19.9. The molecule has 3 aromatic carbocycles. The number of para-hydroxylation sites is 1. The van der Waals surface area contributed by atoms with Gasteiger partial charge in [-0.15, -0.1) is 0 Å². The number of likely N-dealkylation sites (tertiary alicyclic amines) is 1. The number of anilines is 2. The summed E-state index contributed by atoms with van der Waals surface area (Å²) >= 11 is 0. The van der Waals surface area contributed by atoms with E-state index < -0.39 is 0 Å². The minimum absolute atomic E-state index is 0.147. The number of carbonyl (C=O) groups excluding carboxylic acids is 2. The Balaban J connectivity index is 1.07. The first kappa shape index (κ1) is 33.7. The highest BCUT2D eigenvalue weighted by atomic mass is 16.5. The van der Waals surface area contributed by atoms with E-state index in [0.29, 0.717) is 28.4 Å². The van der Waals surface area contributed by atoms with E-state index in [9.17, 15) is 14.7 Å². The summed E-state index contributed by atoms with van der Waals surface area (Å²) in [6, 6.07) is 24.5. The van der Waals surface area contributed by atoms with Crippen molar-refractivity contribution in [1.29, 1.82) is 0 Å². The van der Waals surface area contributed by atoms with E-state index >= 15 is 0 Å². The zero-order valence-electron chi connectivity index (χ0n) is 28.3. The molecule has 4 N–H and O–H groups in total. The maximum Gasteiger partial charge on any atom is 0.319 e. The monoisotopic (exact) mass is 660 g/mol. The predicted octanol–water partition coefficient (Wildman–Crippen LogP) is 7.65. The standard InChI is InChI=1S/C39H44N6O4/c1-4-29(5-2)42-39(48)43-30-11-14-33(15-12-30)49-36-16-13-31(22-26(36)3)41-38(47)27-10-17-37(40-23-27)45-25-28(34-8-6-7-9-35(34)45)24-44-20-18-32(46)19-21-44/h6-17,22-23,25,29,32,46H,4-5,18-21,24H2,1-3H3,(H,41,47)(H2,42,43,48). The number of benzene rings is 3. The van der Waals surface area contributed by atoms with E-state index in [1.165, 1.54) is 10.9 Å². The molecule has 0 unspecified atom stereocenters. The van der Waals surface area contributed by atoms with E-state index in [4.69, 9.17) is 4.74 Å². The van der Waals surface area contributed by atoms with Crippen molar-refractivity contribution in [1.82, 2.24) is 19.8 Å². The van der Waals surface area contributed by atoms with Gasteiger partial charge in [-0.1, -0.05) is 32.0 Å². The van der Waals surface area contributed by atoms with Crippen LogP contribution >= 0.6 is 0 Å². The van der Waals surface area contributed by atoms with Crippen LogP contribution in [-0.4, -0.2) is 56.7 Å². The van der Waals surface area contributed by atoms with Gasteiger partial charge in [0, 0.05) is 54.8 Å². The van der Waals surface area contributed by atoms with E-state index in [1.807, 2.05) is 51.1 Å². The lowest BCUT2D eigenvalue weighted by Crippen LogP contribution is -2.37. The molecule has 1 fully saturated rings. The Morgan fingerprint density at radius 1 is 0.939 bits per heavy atom. The number of hydrogen-bond acceptors (Lipinski definition) is 6. The lowest BCUT2D eigenvalue weighted by atomic mass is 10.1. The number of aliphatic hydroxyl groups excluding tert-OH is 1. The zero-order valence-corrected chi connectivity index (χ0v) is 28.3. The Morgan fingerprint density at radius 2 is 1.67 bits per heavy atom. The van der Waals surface area contributed by atoms with Gasteiger partial charge in [0.05, 0.1) is 17.2 Å². The Labute approximate surface area is 287 Å². The zero-order chi connectivity index (χ0) is 34.3. The third-order valence-corrected chi connectivity index (χ3v) is 9.10. The van der Waals surface area contributed by atoms with E-state index in [2.05, 4.69) is 48.7 Å². The number of fused-ring (bicyclic) bond motifs is 1. The summed E-state index contributed by atoms with van der Waals surface area (Å²) in [6.07, 6.45) is 6.89. The van der Waals surface area contributed by atoms with Crippen molar-refractivity contribution in [2.75, 3.05) is 23.7 Å². The summed E-state index contributed by atoms with van der Waals surface area (Å²) in [5.41, 5.74) is 4.90. The highest BCUT2D eigenvalue weighted by Crippen LogP contribution is 2.29. The van der Waals surface area contributed by atoms with Crippen molar-refractivity contribution in [2.45, 2.75) is 65.1 Å². The van der Waals surface area contributed by atoms with Crippen LogP contribution in [0.15, 0.2) is 91.3 Å². The molecule has 5 aromatic rings. The van der Waals surface area contributed by atoms with Crippen LogP contribution in [0.5, 0.6) is 11.5 Å². The summed E-state index contributed by atoms with van der Waals surface area (Å²) in [4.78, 5) is 32.5. The van der Waals surface area contributed by atoms with Crippen LogP contribution in [0.2, 0.25) is 0 Å². The lowest BCUT2D eigenvalue weighted by Gasteiger charge is -2.29. The van der Waals surface area contributed by atoms with Gasteiger partial charge in [0.25, 0.3) is 5.91 Å². The molecular weight excluding hydrogens is 616 g/mol. The fourth-order valence-electron chi connectivity index (χ4n) is 6.17. The number of piperidine rings is 1. The van der Waals surface area contributed by atoms with Gasteiger partial charge < -0.3 is 30.4 Å². The fourth-order valence-corrected chi connectivity index (χ4v) is 6.17. The Kier molecular flexibility index (Phi) is 10.6. The smallest absolute Gasteiger partial charge is 0.319 e. The van der Waals surface area contributed by atoms with Gasteiger partial charge >= 0.3 is 6.03 Å². The minimum Gasteiger partial charge on any atom is -0.457 e. The fraction of sp³-hybridized carbons (Fsp3) is 0.308. The molecular formula is C39H44N6O4. The third kappa shape index (κ3) is 8.28. The van der Waals surface area contributed by atoms with Crippen LogP contribution in [0.25, 0.3) is 16.7 Å². The van der Waals surface area contributed by atoms with Crippen molar-refractivity contribution in [3.63, 3.8) is 0 Å². The maximum atomic E-state index is 13.2. The average molecular weight is 661 g/mol. The first-order chi connectivity index (χ1) is 23.8. The van der Waals surface area contributed by atoms with Crippen molar-refractivity contribution >= 4 is 34.2 Å². The molecule has 1 aliphatic heterocycles. The number of aromatic nitrogens is 2. The van der Waals surface area contributed by atoms with Crippen molar-refractivity contribution in [2.24, 2.45) is 0 Å². The second-order valence-electron chi connectivity index (χ2n) is 12.6. The molecule has 2 aromatic heterocycles. The molecule has 0 atom stereocenters. The number of nitrogens with one attached hydrogen (secondary N) is 3. The van der Waals surface area contributed by atoms with Crippen molar-refractivity contribution in [3.05, 3.63) is 108 Å². The van der Waals surface area contributed by atoms with Gasteiger partial charge in [0.1, 0.15) is 17.3 Å². The largest absolute Gasteiger partial charge is 0.457 e. The minimum atomic E-state index is -0.256. The number of aliphatic hydroxyl groups is 1. The number of nitrogens with zero attached hydrogens (tertiary/aromatic N) is 3. The predicted molar refractivity (Wildman–Crippen MR) is 194 cm³/mol. The normalized spacial score (nSPS) is 13.8. The summed E-state index contributed by atoms with van der Waals surface area (Å²) in [6.45, 7) is 8.59. The van der Waals surface area contributed by atoms with Crippen molar-refractivity contribution in [3.8, 4) is 17.3 Å². The summed E-state index contributed by atoms with van der Waals surface area (Å²) < 4.78 is 8.15. The number of pyridine rings is 1. The second kappa shape index (κ2) is 15.4. The highest BCUT2D eigenvalue weighted by Gasteiger charge is 2.20. The summed E-state index contributed by atoms with van der Waals surface area (Å²) in [5.74, 6) is 1.77. The van der Waals surface area contributed by atoms with Crippen molar-refractivity contribution < 1.29 is 19.4 Å². The quantitative estimate of drug-likeness (QED) is 0.116. The van der Waals surface area contributed by atoms with Crippen LogP contribution < -0.4 is 20.7 Å². The number of amides is 3. The molecule has 0 aliphatic carbocycles. The number of carbonyl (C=O) groups is 2. The van der Waals surface area contributed by atoms with Gasteiger partial charge in [-0.25, -0.2) is 9.78 Å². The van der Waals surface area contributed by atoms with Crippen LogP contribution in [0, 0.1) is 6.92 Å². The third-order valence-electron chi connectivity index (χ3n) is 9.10. The number of rotatable bonds is 11. The van der Waals surface area contributed by atoms with Gasteiger partial charge in [-0.2, -0.15) is 0 Å². The maximum absolute atomic E-state index is 13.2. The molecule has 1 saturated heterocycles. The first-order valence-electron chi connectivity index (χ1n) is 17.0. The van der Waals surface area contributed by atoms with Crippen LogP contribution in [0.1, 0.15) is 61.0 Å². The van der Waals surface area contributed by atoms with E-state index in [-0.39, 0.29) is 24.1 Å². The molecule has 0 radical (unpaired) electrons. The Bertz CT molecular complexity index is 1890. The number of ether oxygens (including phenoxy) is 1. The molecule has 3 amide bonds. The highest BCUT2D eigenvalue weighted by molar-refractivity contribution is 6.04. The molecule has 0 saturated carbocycles. The van der Waals surface area contributed by atoms with Crippen LogP contribution in [-0.2, 0) is 6.54 Å². The molecule has 3 heterocycles. The lowest BCUT2D eigenvalue weighted by molar-refractivity contribution is 0.0794. The molecule has 1 aliphatic rings. The average Bonchev–Trinajstić information content (AvgIpc) is 3.48. The molecule has 10 heteroatoms. The molecule has 0 spiro atoms. The van der Waals surface area contributed by atoms with Crippen LogP contribution in [0.3, 0.4) is 0 Å². The second-order valence-corrected chi connectivity index (χ2v) is 12.6. The van der Waals surface area contributed by atoms with E-state index in [0.717, 1.165) is 62.2 Å². The Hall–Kier alpha value is -5.19. The van der Waals surface area contributed by atoms with Gasteiger partial charge in [-0.3, -0.25) is 9.69 Å². The number of urea groups is 1. The van der Waals surface area contributed by atoms with Gasteiger partial charge in [0.2, 0.25) is 0 Å². The molecule has 49 heavy (non-hydrogen) atoms. The van der Waals surface area contributed by atoms with Gasteiger partial charge in [0.15, 0.2) is 0 Å². The molecule has 6 rings (SSSR count). The molecule has 0 bridgehead atoms. The first-order valence-corrected chi connectivity index (χ1v) is 17.0. The van der Waals surface area contributed by atoms with E-state index in [1.54, 1.807) is 42.6 Å². The topological polar surface area (TPSA) is 121 Å². The molecule has 10 nitrogen and oxygen atoms in total. The van der Waals surface area contributed by atoms with Gasteiger partial charge in [-0.05, 0) is 104 Å². The SMILES string of the molecule is CCC(CC)NC(=O)Nc1ccc(Oc2ccc(NC(=O)c3ccc(-n4cc(CN5CCC(O)CC5)c5ccccc54)nc3)cc2C)cc1. The van der Waals surface area contributed by atoms with Crippen LogP contribution in [0.4, 0.5) is 16.2 Å². The molecule has 254 valence electrons. The number of hydrogen-bond donors (Lipinski definition) is 4. The Morgan fingerprint density at radius 3 is 2.37 bits per heavy atom.